The highest BCUT2D eigenvalue weighted by atomic mass is 16.4. The third kappa shape index (κ3) is 2.63. The van der Waals surface area contributed by atoms with Crippen molar-refractivity contribution >= 4 is 28.6 Å². The van der Waals surface area contributed by atoms with Crippen molar-refractivity contribution in [2.45, 2.75) is 25.3 Å². The van der Waals surface area contributed by atoms with Gasteiger partial charge in [0, 0.05) is 24.6 Å². The van der Waals surface area contributed by atoms with Crippen LogP contribution in [0.15, 0.2) is 54.6 Å². The SMILES string of the molecule is C[C@@H](C(=O)O)n1c([C@@H]2CC(=O)N(c3ccccc3)C2)nc2ccccc21. The average Bonchev–Trinajstić information content (AvgIpc) is 3.22. The van der Waals surface area contributed by atoms with Crippen molar-refractivity contribution in [3.05, 3.63) is 60.4 Å². The van der Waals surface area contributed by atoms with E-state index in [-0.39, 0.29) is 11.8 Å². The summed E-state index contributed by atoms with van der Waals surface area (Å²) in [6, 6.07) is 16.3. The zero-order valence-electron chi connectivity index (χ0n) is 14.4. The maximum Gasteiger partial charge on any atom is 0.326 e. The fourth-order valence-electron chi connectivity index (χ4n) is 3.61. The number of amides is 1. The molecule has 1 aromatic heterocycles. The van der Waals surface area contributed by atoms with Gasteiger partial charge in [0.15, 0.2) is 0 Å². The van der Waals surface area contributed by atoms with Gasteiger partial charge < -0.3 is 14.6 Å². The number of fused-ring (bicyclic) bond motifs is 1. The molecule has 3 aromatic rings. The molecular weight excluding hydrogens is 330 g/mol. The predicted octanol–water partition coefficient (Wildman–Crippen LogP) is 3.20. The Morgan fingerprint density at radius 1 is 1.15 bits per heavy atom. The molecule has 6 heteroatoms. The molecule has 1 aliphatic heterocycles. The molecule has 26 heavy (non-hydrogen) atoms. The summed E-state index contributed by atoms with van der Waals surface area (Å²) in [5.41, 5.74) is 2.39. The van der Waals surface area contributed by atoms with Crippen LogP contribution < -0.4 is 4.90 Å². The Bertz CT molecular complexity index is 980. The molecule has 0 radical (unpaired) electrons. The van der Waals surface area contributed by atoms with Gasteiger partial charge in [-0.1, -0.05) is 30.3 Å². The lowest BCUT2D eigenvalue weighted by Crippen LogP contribution is -2.25. The van der Waals surface area contributed by atoms with Gasteiger partial charge in [-0.3, -0.25) is 4.79 Å². The molecule has 0 unspecified atom stereocenters. The van der Waals surface area contributed by atoms with Crippen molar-refractivity contribution in [3.63, 3.8) is 0 Å². The zero-order valence-corrected chi connectivity index (χ0v) is 14.4. The van der Waals surface area contributed by atoms with E-state index in [4.69, 9.17) is 0 Å². The fraction of sp³-hybridized carbons (Fsp3) is 0.250. The van der Waals surface area contributed by atoms with E-state index < -0.39 is 12.0 Å². The van der Waals surface area contributed by atoms with Crippen LogP contribution in [0.3, 0.4) is 0 Å². The zero-order chi connectivity index (χ0) is 18.3. The van der Waals surface area contributed by atoms with Crippen molar-refractivity contribution in [1.82, 2.24) is 9.55 Å². The Balaban J connectivity index is 1.76. The second kappa shape index (κ2) is 6.29. The fourth-order valence-corrected chi connectivity index (χ4v) is 3.61. The maximum absolute atomic E-state index is 12.6. The predicted molar refractivity (Wildman–Crippen MR) is 98.2 cm³/mol. The number of carbonyl (C=O) groups is 2. The summed E-state index contributed by atoms with van der Waals surface area (Å²) in [6.45, 7) is 2.14. The van der Waals surface area contributed by atoms with Crippen LogP contribution in [0.5, 0.6) is 0 Å². The maximum atomic E-state index is 12.6. The highest BCUT2D eigenvalue weighted by Crippen LogP contribution is 2.34. The average molecular weight is 349 g/mol. The molecule has 1 N–H and O–H groups in total. The molecule has 1 amide bonds. The van der Waals surface area contributed by atoms with Crippen molar-refractivity contribution in [2.24, 2.45) is 0 Å². The summed E-state index contributed by atoms with van der Waals surface area (Å²) in [4.78, 5) is 30.6. The number of para-hydroxylation sites is 3. The molecule has 4 rings (SSSR count). The first kappa shape index (κ1) is 16.3. The van der Waals surface area contributed by atoms with E-state index in [0.717, 1.165) is 16.7 Å². The van der Waals surface area contributed by atoms with Gasteiger partial charge in [0.05, 0.1) is 11.0 Å². The Morgan fingerprint density at radius 2 is 1.85 bits per heavy atom. The molecule has 0 bridgehead atoms. The normalized spacial score (nSPS) is 18.4. The quantitative estimate of drug-likeness (QED) is 0.785. The van der Waals surface area contributed by atoms with Crippen molar-refractivity contribution in [2.75, 3.05) is 11.4 Å². The Hall–Kier alpha value is -3.15. The van der Waals surface area contributed by atoms with Crippen molar-refractivity contribution in [1.29, 1.82) is 0 Å². The number of nitrogens with zero attached hydrogens (tertiary/aromatic N) is 3. The van der Waals surface area contributed by atoms with Crippen LogP contribution in [0.25, 0.3) is 11.0 Å². The molecule has 2 atom stereocenters. The molecule has 1 fully saturated rings. The van der Waals surface area contributed by atoms with E-state index in [1.54, 1.807) is 16.4 Å². The van der Waals surface area contributed by atoms with Crippen LogP contribution in [0.1, 0.15) is 31.1 Å². The Labute approximate surface area is 150 Å². The molecular formula is C20H19N3O3. The molecule has 132 valence electrons. The number of carboxylic acids is 1. The van der Waals surface area contributed by atoms with Crippen molar-refractivity contribution in [3.8, 4) is 0 Å². The largest absolute Gasteiger partial charge is 0.480 e. The standard InChI is InChI=1S/C20H19N3O3/c1-13(20(25)26)23-17-10-6-5-9-16(17)21-19(23)14-11-18(24)22(12-14)15-7-3-2-4-8-15/h2-10,13-14H,11-12H2,1H3,(H,25,26)/t13-,14+/m0/s1. The minimum absolute atomic E-state index is 0.0304. The van der Waals surface area contributed by atoms with Gasteiger partial charge in [-0.25, -0.2) is 9.78 Å². The lowest BCUT2D eigenvalue weighted by Gasteiger charge is -2.18. The van der Waals surface area contributed by atoms with E-state index >= 15 is 0 Å². The minimum atomic E-state index is -0.918. The molecule has 2 aromatic carbocycles. The van der Waals surface area contributed by atoms with Crippen LogP contribution in [-0.4, -0.2) is 33.1 Å². The van der Waals surface area contributed by atoms with Crippen LogP contribution >= 0.6 is 0 Å². The number of aliphatic carboxylic acids is 1. The summed E-state index contributed by atoms with van der Waals surface area (Å²) in [6.07, 6.45) is 0.324. The summed E-state index contributed by atoms with van der Waals surface area (Å²) < 4.78 is 1.75. The summed E-state index contributed by atoms with van der Waals surface area (Å²) >= 11 is 0. The first-order valence-corrected chi connectivity index (χ1v) is 8.61. The van der Waals surface area contributed by atoms with E-state index in [2.05, 4.69) is 4.98 Å². The third-order valence-electron chi connectivity index (χ3n) is 4.93. The highest BCUT2D eigenvalue weighted by molar-refractivity contribution is 5.96. The van der Waals surface area contributed by atoms with Gasteiger partial charge in [0.1, 0.15) is 11.9 Å². The van der Waals surface area contributed by atoms with E-state index in [1.807, 2.05) is 54.6 Å². The smallest absolute Gasteiger partial charge is 0.326 e. The Morgan fingerprint density at radius 3 is 2.58 bits per heavy atom. The highest BCUT2D eigenvalue weighted by Gasteiger charge is 2.36. The van der Waals surface area contributed by atoms with Crippen LogP contribution in [0.2, 0.25) is 0 Å². The number of aromatic nitrogens is 2. The van der Waals surface area contributed by atoms with E-state index in [0.29, 0.717) is 18.8 Å². The molecule has 0 aliphatic carbocycles. The molecule has 1 saturated heterocycles. The van der Waals surface area contributed by atoms with E-state index in [9.17, 15) is 14.7 Å². The van der Waals surface area contributed by atoms with Gasteiger partial charge in [-0.2, -0.15) is 0 Å². The number of hydrogen-bond donors (Lipinski definition) is 1. The number of rotatable bonds is 4. The molecule has 2 heterocycles. The number of imidazole rings is 1. The van der Waals surface area contributed by atoms with E-state index in [1.165, 1.54) is 0 Å². The number of hydrogen-bond acceptors (Lipinski definition) is 3. The summed E-state index contributed by atoms with van der Waals surface area (Å²) in [7, 11) is 0. The van der Waals surface area contributed by atoms with Crippen LogP contribution in [0, 0.1) is 0 Å². The molecule has 0 saturated carbocycles. The lowest BCUT2D eigenvalue weighted by atomic mass is 10.1. The monoisotopic (exact) mass is 349 g/mol. The van der Waals surface area contributed by atoms with Gasteiger partial charge in [0.2, 0.25) is 5.91 Å². The second-order valence-electron chi connectivity index (χ2n) is 6.58. The van der Waals surface area contributed by atoms with Gasteiger partial charge in [-0.15, -0.1) is 0 Å². The number of carbonyl (C=O) groups excluding carboxylic acids is 1. The van der Waals surface area contributed by atoms with Crippen molar-refractivity contribution < 1.29 is 14.7 Å². The lowest BCUT2D eigenvalue weighted by molar-refractivity contribution is -0.140. The van der Waals surface area contributed by atoms with Gasteiger partial charge >= 0.3 is 5.97 Å². The number of anilines is 1. The van der Waals surface area contributed by atoms with Gasteiger partial charge in [-0.05, 0) is 31.2 Å². The first-order valence-electron chi connectivity index (χ1n) is 8.61. The first-order chi connectivity index (χ1) is 12.6. The minimum Gasteiger partial charge on any atom is -0.480 e. The topological polar surface area (TPSA) is 75.4 Å². The van der Waals surface area contributed by atoms with Crippen LogP contribution in [0.4, 0.5) is 5.69 Å². The van der Waals surface area contributed by atoms with Crippen LogP contribution in [-0.2, 0) is 9.59 Å². The summed E-state index contributed by atoms with van der Waals surface area (Å²) in [5.74, 6) is -0.369. The Kier molecular flexibility index (Phi) is 3.95. The number of carboxylic acid groups (broad SMARTS) is 1. The third-order valence-corrected chi connectivity index (χ3v) is 4.93. The molecule has 1 aliphatic rings. The molecule has 6 nitrogen and oxygen atoms in total. The van der Waals surface area contributed by atoms with Gasteiger partial charge in [0.25, 0.3) is 0 Å². The second-order valence-corrected chi connectivity index (χ2v) is 6.58. The number of benzene rings is 2. The summed E-state index contributed by atoms with van der Waals surface area (Å²) in [5, 5.41) is 9.54. The molecule has 0 spiro atoms.